The third-order valence-corrected chi connectivity index (χ3v) is 2.90. The van der Waals surface area contributed by atoms with E-state index in [1.807, 2.05) is 24.4 Å². The number of nitrogens with zero attached hydrogens (tertiary/aromatic N) is 1. The van der Waals surface area contributed by atoms with Crippen LogP contribution in [0, 0.1) is 5.92 Å². The van der Waals surface area contributed by atoms with Gasteiger partial charge < -0.3 is 10.3 Å². The number of benzene rings is 1. The van der Waals surface area contributed by atoms with E-state index in [1.165, 1.54) is 0 Å². The number of fused-ring (bicyclic) bond motifs is 1. The molecule has 0 aliphatic rings. The normalized spacial score (nSPS) is 11.3. The number of nitrogens with one attached hydrogen (secondary N) is 3. The summed E-state index contributed by atoms with van der Waals surface area (Å²) in [6, 6.07) is 8.11. The number of hydrogen-bond acceptors (Lipinski definition) is 2. The van der Waals surface area contributed by atoms with Crippen molar-refractivity contribution in [2.24, 2.45) is 11.0 Å². The Hall–Kier alpha value is -1.88. The van der Waals surface area contributed by atoms with Gasteiger partial charge in [0.1, 0.15) is 0 Å². The second-order valence-corrected chi connectivity index (χ2v) is 5.17. The molecule has 1 heterocycles. The molecule has 0 bridgehead atoms. The topological polar surface area (TPSA) is 52.2 Å². The zero-order valence-electron chi connectivity index (χ0n) is 11.1. The maximum Gasteiger partial charge on any atom is 0.186 e. The molecule has 0 aliphatic heterocycles. The lowest BCUT2D eigenvalue weighted by molar-refractivity contribution is 0.621. The highest BCUT2D eigenvalue weighted by Crippen LogP contribution is 2.15. The molecule has 0 spiro atoms. The summed E-state index contributed by atoms with van der Waals surface area (Å²) in [6.45, 7) is 5.10. The van der Waals surface area contributed by atoms with Crippen molar-refractivity contribution >= 4 is 34.4 Å². The highest BCUT2D eigenvalue weighted by Gasteiger charge is 1.99. The standard InChI is InChI=1S/C14H18N4S/c1-10(2)7-16-14(19)18-17-9-11-8-15-13-6-4-3-5-12(11)13/h3-6,8-10,15H,7H2,1-2H3,(H2,16,18,19)/b17-9-. The first-order valence-corrected chi connectivity index (χ1v) is 6.70. The third kappa shape index (κ3) is 3.79. The first-order valence-electron chi connectivity index (χ1n) is 6.30. The summed E-state index contributed by atoms with van der Waals surface area (Å²) in [5.41, 5.74) is 4.96. The third-order valence-electron chi connectivity index (χ3n) is 2.66. The van der Waals surface area contributed by atoms with Crippen LogP contribution in [0.25, 0.3) is 10.9 Å². The summed E-state index contributed by atoms with van der Waals surface area (Å²) in [5.74, 6) is 0.553. The molecule has 0 fully saturated rings. The molecule has 0 aliphatic carbocycles. The number of aromatic amines is 1. The SMILES string of the molecule is CC(C)CNC(=S)N/N=C\c1c[nH]c2ccccc12. The van der Waals surface area contributed by atoms with Gasteiger partial charge in [-0.3, -0.25) is 5.43 Å². The fourth-order valence-corrected chi connectivity index (χ4v) is 1.83. The van der Waals surface area contributed by atoms with E-state index in [4.69, 9.17) is 12.2 Å². The predicted octanol–water partition coefficient (Wildman–Crippen LogP) is 2.62. The molecule has 2 aromatic rings. The molecule has 4 nitrogen and oxygen atoms in total. The van der Waals surface area contributed by atoms with Gasteiger partial charge in [0, 0.05) is 29.2 Å². The minimum atomic E-state index is 0.546. The van der Waals surface area contributed by atoms with E-state index in [9.17, 15) is 0 Å². The van der Waals surface area contributed by atoms with Gasteiger partial charge >= 0.3 is 0 Å². The van der Waals surface area contributed by atoms with Gasteiger partial charge in [0.15, 0.2) is 5.11 Å². The van der Waals surface area contributed by atoms with Gasteiger partial charge in [0.25, 0.3) is 0 Å². The Morgan fingerprint density at radius 3 is 3.00 bits per heavy atom. The van der Waals surface area contributed by atoms with Crippen LogP contribution in [0.15, 0.2) is 35.6 Å². The van der Waals surface area contributed by atoms with Crippen LogP contribution >= 0.6 is 12.2 Å². The number of H-pyrrole nitrogens is 1. The summed E-state index contributed by atoms with van der Waals surface area (Å²) in [7, 11) is 0. The molecule has 100 valence electrons. The van der Waals surface area contributed by atoms with Crippen molar-refractivity contribution in [3.63, 3.8) is 0 Å². The molecular formula is C14H18N4S. The van der Waals surface area contributed by atoms with Crippen LogP contribution in [0.4, 0.5) is 0 Å². The number of thiocarbonyl (C=S) groups is 1. The molecular weight excluding hydrogens is 256 g/mol. The molecule has 5 heteroatoms. The summed E-state index contributed by atoms with van der Waals surface area (Å²) < 4.78 is 0. The Labute approximate surface area is 118 Å². The zero-order valence-corrected chi connectivity index (χ0v) is 11.9. The minimum Gasteiger partial charge on any atom is -0.361 e. The van der Waals surface area contributed by atoms with Gasteiger partial charge in [0.05, 0.1) is 6.21 Å². The molecule has 19 heavy (non-hydrogen) atoms. The van der Waals surface area contributed by atoms with E-state index in [1.54, 1.807) is 6.21 Å². The smallest absolute Gasteiger partial charge is 0.186 e. The molecule has 0 saturated carbocycles. The van der Waals surface area contributed by atoms with E-state index in [-0.39, 0.29) is 0 Å². The Kier molecular flexibility index (Phi) is 4.52. The maximum absolute atomic E-state index is 5.12. The summed E-state index contributed by atoms with van der Waals surface area (Å²) >= 11 is 5.12. The number of aromatic nitrogens is 1. The Morgan fingerprint density at radius 2 is 2.21 bits per heavy atom. The van der Waals surface area contributed by atoms with E-state index < -0.39 is 0 Å². The minimum absolute atomic E-state index is 0.546. The fourth-order valence-electron chi connectivity index (χ4n) is 1.70. The predicted molar refractivity (Wildman–Crippen MR) is 84.5 cm³/mol. The van der Waals surface area contributed by atoms with Crippen molar-refractivity contribution in [2.45, 2.75) is 13.8 Å². The molecule has 2 rings (SSSR count). The van der Waals surface area contributed by atoms with Crippen molar-refractivity contribution < 1.29 is 0 Å². The fraction of sp³-hybridized carbons (Fsp3) is 0.286. The van der Waals surface area contributed by atoms with E-state index in [0.717, 1.165) is 23.0 Å². The molecule has 0 radical (unpaired) electrons. The lowest BCUT2D eigenvalue weighted by Gasteiger charge is -2.08. The van der Waals surface area contributed by atoms with Gasteiger partial charge in [0.2, 0.25) is 0 Å². The Bertz CT molecular complexity index is 586. The van der Waals surface area contributed by atoms with Crippen molar-refractivity contribution in [3.8, 4) is 0 Å². The first kappa shape index (κ1) is 13.5. The summed E-state index contributed by atoms with van der Waals surface area (Å²) in [5, 5.41) is 8.93. The first-order chi connectivity index (χ1) is 9.16. The highest BCUT2D eigenvalue weighted by atomic mass is 32.1. The molecule has 0 saturated heterocycles. The van der Waals surface area contributed by atoms with Crippen LogP contribution in [0.5, 0.6) is 0 Å². The molecule has 1 aromatic heterocycles. The molecule has 0 atom stereocenters. The van der Waals surface area contributed by atoms with Crippen LogP contribution in [0.3, 0.4) is 0 Å². The number of hydrazone groups is 1. The van der Waals surface area contributed by atoms with Crippen molar-refractivity contribution in [3.05, 3.63) is 36.0 Å². The lowest BCUT2D eigenvalue weighted by Crippen LogP contribution is -2.34. The van der Waals surface area contributed by atoms with Crippen LogP contribution in [-0.4, -0.2) is 22.9 Å². The second kappa shape index (κ2) is 6.33. The second-order valence-electron chi connectivity index (χ2n) is 4.76. The van der Waals surface area contributed by atoms with E-state index in [0.29, 0.717) is 11.0 Å². The van der Waals surface area contributed by atoms with Gasteiger partial charge in [-0.25, -0.2) is 0 Å². The lowest BCUT2D eigenvalue weighted by atomic mass is 10.2. The van der Waals surface area contributed by atoms with Gasteiger partial charge in [-0.1, -0.05) is 32.0 Å². The molecule has 3 N–H and O–H groups in total. The van der Waals surface area contributed by atoms with Gasteiger partial charge in [-0.05, 0) is 24.2 Å². The van der Waals surface area contributed by atoms with Crippen LogP contribution in [0.2, 0.25) is 0 Å². The molecule has 0 amide bonds. The Balaban J connectivity index is 1.94. The van der Waals surface area contributed by atoms with E-state index in [2.05, 4.69) is 40.7 Å². The number of para-hydroxylation sites is 1. The van der Waals surface area contributed by atoms with Gasteiger partial charge in [-0.15, -0.1) is 0 Å². The highest BCUT2D eigenvalue weighted by molar-refractivity contribution is 7.80. The van der Waals surface area contributed by atoms with Gasteiger partial charge in [-0.2, -0.15) is 5.10 Å². The molecule has 0 unspecified atom stereocenters. The summed E-state index contributed by atoms with van der Waals surface area (Å²) in [6.07, 6.45) is 3.70. The van der Waals surface area contributed by atoms with Crippen LogP contribution in [0.1, 0.15) is 19.4 Å². The molecule has 1 aromatic carbocycles. The van der Waals surface area contributed by atoms with Crippen LogP contribution in [-0.2, 0) is 0 Å². The quantitative estimate of drug-likeness (QED) is 0.456. The average Bonchev–Trinajstić information content (AvgIpc) is 2.80. The van der Waals surface area contributed by atoms with Crippen molar-refractivity contribution in [2.75, 3.05) is 6.54 Å². The monoisotopic (exact) mass is 274 g/mol. The maximum atomic E-state index is 5.12. The van der Waals surface area contributed by atoms with Crippen molar-refractivity contribution in [1.82, 2.24) is 15.7 Å². The largest absolute Gasteiger partial charge is 0.361 e. The van der Waals surface area contributed by atoms with E-state index >= 15 is 0 Å². The number of rotatable bonds is 4. The average molecular weight is 274 g/mol. The zero-order chi connectivity index (χ0) is 13.7. The Morgan fingerprint density at radius 1 is 1.42 bits per heavy atom. The summed E-state index contributed by atoms with van der Waals surface area (Å²) in [4.78, 5) is 3.20. The number of hydrogen-bond donors (Lipinski definition) is 3. The van der Waals surface area contributed by atoms with Crippen LogP contribution < -0.4 is 10.7 Å². The van der Waals surface area contributed by atoms with Crippen molar-refractivity contribution in [1.29, 1.82) is 0 Å².